The number of nitro benzene ring substituents is 1. The second kappa shape index (κ2) is 5.87. The van der Waals surface area contributed by atoms with Gasteiger partial charge in [0.1, 0.15) is 6.07 Å². The minimum atomic E-state index is -4.68. The molecule has 0 saturated carbocycles. The average Bonchev–Trinajstić information content (AvgIpc) is 2.35. The first-order valence-electron chi connectivity index (χ1n) is 4.92. The number of hydrogen-bond acceptors (Lipinski definition) is 5. The van der Waals surface area contributed by atoms with Crippen LogP contribution in [0.5, 0.6) is 0 Å². The van der Waals surface area contributed by atoms with Crippen LogP contribution in [0.4, 0.5) is 29.3 Å². The number of rotatable bonds is 3. The third-order valence-corrected chi connectivity index (χ3v) is 1.94. The molecule has 0 radical (unpaired) electrons. The van der Waals surface area contributed by atoms with Crippen molar-refractivity contribution >= 4 is 17.5 Å². The molecule has 0 saturated heterocycles. The van der Waals surface area contributed by atoms with Gasteiger partial charge in [-0.25, -0.2) is 4.79 Å². The number of alkyl halides is 3. The van der Waals surface area contributed by atoms with E-state index in [0.717, 1.165) is 18.2 Å². The number of nitro groups is 1. The lowest BCUT2D eigenvalue weighted by Gasteiger charge is -2.09. The molecular weight excluding hydrogens is 283 g/mol. The number of nitriles is 1. The summed E-state index contributed by atoms with van der Waals surface area (Å²) in [6.45, 7) is -1.78. The number of non-ortho nitro benzene ring substituents is 1. The SMILES string of the molecule is N#Cc1cc([N+](=O)[O-])ccc1NC(=O)OCC(F)(F)F. The normalized spacial score (nSPS) is 10.5. The Bertz CT molecular complexity index is 580. The first-order valence-corrected chi connectivity index (χ1v) is 4.92. The van der Waals surface area contributed by atoms with E-state index in [1.165, 1.54) is 0 Å². The van der Waals surface area contributed by atoms with E-state index in [1.807, 2.05) is 5.32 Å². The van der Waals surface area contributed by atoms with Crippen molar-refractivity contribution in [2.24, 2.45) is 0 Å². The topological polar surface area (TPSA) is 105 Å². The van der Waals surface area contributed by atoms with E-state index in [0.29, 0.717) is 0 Å². The largest absolute Gasteiger partial charge is 0.440 e. The second-order valence-electron chi connectivity index (χ2n) is 3.42. The third-order valence-electron chi connectivity index (χ3n) is 1.94. The van der Waals surface area contributed by atoms with E-state index in [1.54, 1.807) is 6.07 Å². The Hall–Kier alpha value is -2.83. The van der Waals surface area contributed by atoms with E-state index in [2.05, 4.69) is 4.74 Å². The summed E-state index contributed by atoms with van der Waals surface area (Å²) in [6, 6.07) is 4.45. The fourth-order valence-electron chi connectivity index (χ4n) is 1.14. The maximum absolute atomic E-state index is 11.8. The van der Waals surface area contributed by atoms with Gasteiger partial charge >= 0.3 is 12.3 Å². The Kier molecular flexibility index (Phi) is 4.47. The standard InChI is InChI=1S/C10H6F3N3O4/c11-10(12,13)5-20-9(17)15-8-2-1-7(16(18)19)3-6(8)4-14/h1-3H,5H2,(H,15,17). The van der Waals surface area contributed by atoms with Crippen LogP contribution >= 0.6 is 0 Å². The monoisotopic (exact) mass is 289 g/mol. The molecule has 0 spiro atoms. The molecule has 0 unspecified atom stereocenters. The number of anilines is 1. The zero-order chi connectivity index (χ0) is 15.3. The number of nitrogens with zero attached hydrogens (tertiary/aromatic N) is 2. The fraction of sp³-hybridized carbons (Fsp3) is 0.200. The van der Waals surface area contributed by atoms with Crippen molar-refractivity contribution in [1.82, 2.24) is 0 Å². The molecule has 10 heteroatoms. The van der Waals surface area contributed by atoms with Gasteiger partial charge < -0.3 is 4.74 Å². The fourth-order valence-corrected chi connectivity index (χ4v) is 1.14. The molecule has 20 heavy (non-hydrogen) atoms. The molecular formula is C10H6F3N3O4. The maximum Gasteiger partial charge on any atom is 0.422 e. The van der Waals surface area contributed by atoms with Crippen molar-refractivity contribution in [3.05, 3.63) is 33.9 Å². The van der Waals surface area contributed by atoms with E-state index < -0.39 is 29.5 Å². The van der Waals surface area contributed by atoms with Gasteiger partial charge in [0, 0.05) is 12.1 Å². The van der Waals surface area contributed by atoms with Crippen molar-refractivity contribution < 1.29 is 27.6 Å². The highest BCUT2D eigenvalue weighted by Crippen LogP contribution is 2.22. The van der Waals surface area contributed by atoms with Gasteiger partial charge in [0.2, 0.25) is 0 Å². The van der Waals surface area contributed by atoms with Gasteiger partial charge in [-0.15, -0.1) is 0 Å². The summed E-state index contributed by atoms with van der Waals surface area (Å²) >= 11 is 0. The zero-order valence-electron chi connectivity index (χ0n) is 9.60. The first kappa shape index (κ1) is 15.2. The van der Waals surface area contributed by atoms with E-state index >= 15 is 0 Å². The second-order valence-corrected chi connectivity index (χ2v) is 3.42. The maximum atomic E-state index is 11.8. The van der Waals surface area contributed by atoms with Crippen molar-refractivity contribution in [3.8, 4) is 6.07 Å². The first-order chi connectivity index (χ1) is 9.23. The van der Waals surface area contributed by atoms with E-state index in [9.17, 15) is 28.1 Å². The lowest BCUT2D eigenvalue weighted by Crippen LogP contribution is -2.23. The lowest BCUT2D eigenvalue weighted by atomic mass is 10.2. The minimum absolute atomic E-state index is 0.190. The van der Waals surface area contributed by atoms with Crippen LogP contribution in [0.25, 0.3) is 0 Å². The average molecular weight is 289 g/mol. The number of nitrogens with one attached hydrogen (secondary N) is 1. The summed E-state index contributed by atoms with van der Waals surface area (Å²) in [6.07, 6.45) is -6.10. The summed E-state index contributed by atoms with van der Waals surface area (Å²) in [7, 11) is 0. The molecule has 0 fully saturated rings. The Morgan fingerprint density at radius 3 is 2.65 bits per heavy atom. The van der Waals surface area contributed by atoms with Crippen LogP contribution in [0, 0.1) is 21.4 Å². The van der Waals surface area contributed by atoms with Crippen molar-refractivity contribution in [3.63, 3.8) is 0 Å². The molecule has 0 aromatic heterocycles. The van der Waals surface area contributed by atoms with Crippen molar-refractivity contribution in [1.29, 1.82) is 5.26 Å². The summed E-state index contributed by atoms with van der Waals surface area (Å²) in [5.74, 6) is 0. The van der Waals surface area contributed by atoms with Gasteiger partial charge in [-0.2, -0.15) is 18.4 Å². The molecule has 0 atom stereocenters. The van der Waals surface area contributed by atoms with Gasteiger partial charge in [-0.1, -0.05) is 0 Å². The summed E-state index contributed by atoms with van der Waals surface area (Å²) in [4.78, 5) is 20.8. The van der Waals surface area contributed by atoms with Crippen LogP contribution in [0.3, 0.4) is 0 Å². The highest BCUT2D eigenvalue weighted by Gasteiger charge is 2.29. The van der Waals surface area contributed by atoms with E-state index in [4.69, 9.17) is 5.26 Å². The number of carbonyl (C=O) groups excluding carboxylic acids is 1. The molecule has 0 aliphatic heterocycles. The third kappa shape index (κ3) is 4.45. The van der Waals surface area contributed by atoms with Crippen molar-refractivity contribution in [2.75, 3.05) is 11.9 Å². The van der Waals surface area contributed by atoms with Crippen LogP contribution in [0.2, 0.25) is 0 Å². The van der Waals surface area contributed by atoms with Gasteiger partial charge in [0.15, 0.2) is 6.61 Å². The number of amides is 1. The minimum Gasteiger partial charge on any atom is -0.440 e. The van der Waals surface area contributed by atoms with Crippen LogP contribution in [-0.2, 0) is 4.74 Å². The predicted molar refractivity (Wildman–Crippen MR) is 58.8 cm³/mol. The molecule has 0 heterocycles. The summed E-state index contributed by atoms with van der Waals surface area (Å²) in [5.41, 5.74) is -0.857. The van der Waals surface area contributed by atoms with Crippen molar-refractivity contribution in [2.45, 2.75) is 6.18 Å². The molecule has 0 bridgehead atoms. The molecule has 1 aromatic rings. The quantitative estimate of drug-likeness (QED) is 0.680. The summed E-state index contributed by atoms with van der Waals surface area (Å²) < 4.78 is 39.3. The number of benzene rings is 1. The Balaban J connectivity index is 2.80. The van der Waals surface area contributed by atoms with Crippen LogP contribution in [0.15, 0.2) is 18.2 Å². The highest BCUT2D eigenvalue weighted by atomic mass is 19.4. The highest BCUT2D eigenvalue weighted by molar-refractivity contribution is 5.86. The van der Waals surface area contributed by atoms with Crippen LogP contribution in [0.1, 0.15) is 5.56 Å². The Morgan fingerprint density at radius 1 is 1.50 bits per heavy atom. The van der Waals surface area contributed by atoms with Crippen LogP contribution < -0.4 is 5.32 Å². The molecule has 106 valence electrons. The van der Waals surface area contributed by atoms with Crippen LogP contribution in [-0.4, -0.2) is 23.8 Å². The van der Waals surface area contributed by atoms with Gasteiger partial charge in [-0.3, -0.25) is 15.4 Å². The Morgan fingerprint density at radius 2 is 2.15 bits per heavy atom. The number of hydrogen-bond donors (Lipinski definition) is 1. The van der Waals surface area contributed by atoms with Gasteiger partial charge in [0.05, 0.1) is 16.2 Å². The molecule has 1 aromatic carbocycles. The van der Waals surface area contributed by atoms with Gasteiger partial charge in [0.25, 0.3) is 5.69 Å². The zero-order valence-corrected chi connectivity index (χ0v) is 9.60. The number of ether oxygens (including phenoxy) is 1. The molecule has 1 N–H and O–H groups in total. The molecule has 0 aliphatic rings. The molecule has 7 nitrogen and oxygen atoms in total. The Labute approximate surface area is 109 Å². The summed E-state index contributed by atoms with van der Waals surface area (Å²) in [5, 5.41) is 21.1. The smallest absolute Gasteiger partial charge is 0.422 e. The number of carbonyl (C=O) groups is 1. The van der Waals surface area contributed by atoms with Gasteiger partial charge in [-0.05, 0) is 6.07 Å². The lowest BCUT2D eigenvalue weighted by molar-refractivity contribution is -0.384. The molecule has 1 amide bonds. The predicted octanol–water partition coefficient (Wildman–Crippen LogP) is 2.58. The molecule has 1 rings (SSSR count). The molecule has 0 aliphatic carbocycles. The number of halogens is 3. The van der Waals surface area contributed by atoms with E-state index in [-0.39, 0.29) is 11.3 Å².